The first-order valence-corrected chi connectivity index (χ1v) is 9.16. The summed E-state index contributed by atoms with van der Waals surface area (Å²) in [5.74, 6) is 0.512. The lowest BCUT2D eigenvalue weighted by atomic mass is 10.2. The van der Waals surface area contributed by atoms with E-state index in [9.17, 15) is 9.59 Å². The molecule has 0 aliphatic heterocycles. The first-order valence-electron chi connectivity index (χ1n) is 9.16. The Morgan fingerprint density at radius 1 is 1.04 bits per heavy atom. The first kappa shape index (κ1) is 18.9. The minimum Gasteiger partial charge on any atom is -0.371 e. The zero-order valence-electron chi connectivity index (χ0n) is 15.5. The first-order chi connectivity index (χ1) is 13.1. The van der Waals surface area contributed by atoms with Crippen molar-refractivity contribution in [3.8, 4) is 0 Å². The Morgan fingerprint density at radius 2 is 1.74 bits per heavy atom. The summed E-state index contributed by atoms with van der Waals surface area (Å²) in [6.45, 7) is 3.12. The average molecular weight is 367 g/mol. The van der Waals surface area contributed by atoms with Gasteiger partial charge in [-0.1, -0.05) is 24.3 Å². The molecule has 0 atom stereocenters. The molecule has 0 bridgehead atoms. The summed E-state index contributed by atoms with van der Waals surface area (Å²) in [7, 11) is 0. The van der Waals surface area contributed by atoms with Gasteiger partial charge >= 0.3 is 6.03 Å². The number of ether oxygens (including phenoxy) is 1. The zero-order valence-corrected chi connectivity index (χ0v) is 15.5. The van der Waals surface area contributed by atoms with Crippen molar-refractivity contribution in [3.63, 3.8) is 0 Å². The minimum atomic E-state index is -0.310. The molecule has 1 saturated carbocycles. The van der Waals surface area contributed by atoms with E-state index >= 15 is 0 Å². The van der Waals surface area contributed by atoms with Crippen LogP contribution in [0, 0.1) is 12.8 Å². The van der Waals surface area contributed by atoms with Crippen LogP contribution in [0.2, 0.25) is 0 Å². The summed E-state index contributed by atoms with van der Waals surface area (Å²) in [5.41, 5.74) is 3.38. The van der Waals surface area contributed by atoms with Gasteiger partial charge in [-0.3, -0.25) is 4.79 Å². The van der Waals surface area contributed by atoms with Gasteiger partial charge in [-0.05, 0) is 61.1 Å². The molecule has 3 N–H and O–H groups in total. The summed E-state index contributed by atoms with van der Waals surface area (Å²) < 4.78 is 5.37. The fraction of sp³-hybridized carbons (Fsp3) is 0.333. The van der Waals surface area contributed by atoms with Gasteiger partial charge in [0.25, 0.3) is 0 Å². The number of hydrogen-bond donors (Lipinski definition) is 3. The molecule has 6 heteroatoms. The highest BCUT2D eigenvalue weighted by Crippen LogP contribution is 2.28. The van der Waals surface area contributed by atoms with Gasteiger partial charge in [0, 0.05) is 17.9 Å². The summed E-state index contributed by atoms with van der Waals surface area (Å²) in [6, 6.07) is 14.7. The van der Waals surface area contributed by atoms with E-state index in [1.807, 2.05) is 49.4 Å². The molecular formula is C21H25N3O3. The van der Waals surface area contributed by atoms with Crippen LogP contribution in [0.4, 0.5) is 16.2 Å². The molecule has 0 unspecified atom stereocenters. The van der Waals surface area contributed by atoms with E-state index in [1.54, 1.807) is 6.07 Å². The van der Waals surface area contributed by atoms with Gasteiger partial charge in [0.2, 0.25) is 5.91 Å². The Kier molecular flexibility index (Phi) is 6.44. The number of carbonyl (C=O) groups excluding carboxylic acids is 2. The lowest BCUT2D eigenvalue weighted by Crippen LogP contribution is -2.27. The van der Waals surface area contributed by atoms with E-state index in [-0.39, 0.29) is 18.5 Å². The van der Waals surface area contributed by atoms with Crippen molar-refractivity contribution < 1.29 is 14.3 Å². The third-order valence-electron chi connectivity index (χ3n) is 4.23. The van der Waals surface area contributed by atoms with Gasteiger partial charge in [0.05, 0.1) is 6.61 Å². The predicted molar refractivity (Wildman–Crippen MR) is 106 cm³/mol. The number of aryl methyl sites for hydroxylation is 1. The van der Waals surface area contributed by atoms with Crippen molar-refractivity contribution in [1.82, 2.24) is 5.32 Å². The maximum absolute atomic E-state index is 12.1. The maximum atomic E-state index is 12.1. The number of carbonyl (C=O) groups is 2. The fourth-order valence-corrected chi connectivity index (χ4v) is 2.63. The topological polar surface area (TPSA) is 79.5 Å². The molecule has 1 aliphatic carbocycles. The number of benzene rings is 2. The Bertz CT molecular complexity index is 803. The van der Waals surface area contributed by atoms with E-state index in [4.69, 9.17) is 4.74 Å². The van der Waals surface area contributed by atoms with E-state index in [1.165, 1.54) is 12.8 Å². The van der Waals surface area contributed by atoms with Crippen molar-refractivity contribution in [1.29, 1.82) is 0 Å². The molecule has 0 radical (unpaired) electrons. The van der Waals surface area contributed by atoms with E-state index < -0.39 is 0 Å². The maximum Gasteiger partial charge on any atom is 0.323 e. The Hall–Kier alpha value is -2.86. The SMILES string of the molecule is Cc1cccc(NC(=O)Nc2cccc(CNC(=O)COCC3CC3)c2)c1. The van der Waals surface area contributed by atoms with Crippen molar-refractivity contribution in [2.45, 2.75) is 26.3 Å². The molecule has 0 spiro atoms. The van der Waals surface area contributed by atoms with Crippen LogP contribution in [0.3, 0.4) is 0 Å². The molecule has 142 valence electrons. The van der Waals surface area contributed by atoms with E-state index in [2.05, 4.69) is 16.0 Å². The molecule has 0 heterocycles. The molecule has 3 rings (SSSR count). The number of urea groups is 1. The van der Waals surface area contributed by atoms with Crippen molar-refractivity contribution in [3.05, 3.63) is 59.7 Å². The summed E-state index contributed by atoms with van der Waals surface area (Å²) in [5, 5.41) is 8.43. The van der Waals surface area contributed by atoms with Crippen LogP contribution in [0.1, 0.15) is 24.0 Å². The highest BCUT2D eigenvalue weighted by molar-refractivity contribution is 5.99. The van der Waals surface area contributed by atoms with E-state index in [0.29, 0.717) is 24.8 Å². The second kappa shape index (κ2) is 9.19. The highest BCUT2D eigenvalue weighted by Gasteiger charge is 2.21. The van der Waals surface area contributed by atoms with Gasteiger partial charge in [-0.15, -0.1) is 0 Å². The summed E-state index contributed by atoms with van der Waals surface area (Å²) in [4.78, 5) is 23.9. The number of amides is 3. The number of nitrogens with one attached hydrogen (secondary N) is 3. The van der Waals surface area contributed by atoms with Crippen molar-refractivity contribution >= 4 is 23.3 Å². The van der Waals surface area contributed by atoms with Gasteiger partial charge in [-0.25, -0.2) is 4.79 Å². The smallest absolute Gasteiger partial charge is 0.323 e. The molecular weight excluding hydrogens is 342 g/mol. The fourth-order valence-electron chi connectivity index (χ4n) is 2.63. The molecule has 27 heavy (non-hydrogen) atoms. The van der Waals surface area contributed by atoms with Crippen LogP contribution < -0.4 is 16.0 Å². The van der Waals surface area contributed by atoms with Crippen LogP contribution in [0.5, 0.6) is 0 Å². The van der Waals surface area contributed by atoms with Crippen LogP contribution >= 0.6 is 0 Å². The molecule has 1 fully saturated rings. The van der Waals surface area contributed by atoms with Crippen molar-refractivity contribution in [2.75, 3.05) is 23.8 Å². The summed E-state index contributed by atoms with van der Waals surface area (Å²) in [6.07, 6.45) is 2.41. The van der Waals surface area contributed by atoms with Crippen LogP contribution in [-0.4, -0.2) is 25.2 Å². The van der Waals surface area contributed by atoms with Gasteiger partial charge in [0.1, 0.15) is 6.61 Å². The molecule has 0 saturated heterocycles. The minimum absolute atomic E-state index is 0.0906. The van der Waals surface area contributed by atoms with E-state index in [0.717, 1.165) is 16.8 Å². The second-order valence-electron chi connectivity index (χ2n) is 6.88. The largest absolute Gasteiger partial charge is 0.371 e. The van der Waals surface area contributed by atoms with Gasteiger partial charge < -0.3 is 20.7 Å². The lowest BCUT2D eigenvalue weighted by Gasteiger charge is -2.10. The molecule has 2 aromatic rings. The van der Waals surface area contributed by atoms with Crippen LogP contribution in [-0.2, 0) is 16.1 Å². The Morgan fingerprint density at radius 3 is 2.44 bits per heavy atom. The van der Waals surface area contributed by atoms with Crippen LogP contribution in [0.15, 0.2) is 48.5 Å². The lowest BCUT2D eigenvalue weighted by molar-refractivity contribution is -0.126. The standard InChI is InChI=1S/C21H25N3O3/c1-15-4-2-6-18(10-15)23-21(26)24-19-7-3-5-17(11-19)12-22-20(25)14-27-13-16-8-9-16/h2-7,10-11,16H,8-9,12-14H2,1H3,(H,22,25)(H2,23,24,26). The number of rotatable bonds is 8. The quantitative estimate of drug-likeness (QED) is 0.666. The average Bonchev–Trinajstić information content (AvgIpc) is 3.44. The third-order valence-corrected chi connectivity index (χ3v) is 4.23. The van der Waals surface area contributed by atoms with Crippen molar-refractivity contribution in [2.24, 2.45) is 5.92 Å². The number of hydrogen-bond acceptors (Lipinski definition) is 3. The monoisotopic (exact) mass is 367 g/mol. The highest BCUT2D eigenvalue weighted by atomic mass is 16.5. The van der Waals surface area contributed by atoms with Gasteiger partial charge in [0.15, 0.2) is 0 Å². The molecule has 1 aliphatic rings. The second-order valence-corrected chi connectivity index (χ2v) is 6.88. The predicted octanol–water partition coefficient (Wildman–Crippen LogP) is 3.68. The van der Waals surface area contributed by atoms with Crippen LogP contribution in [0.25, 0.3) is 0 Å². The third kappa shape index (κ3) is 6.75. The number of anilines is 2. The molecule has 6 nitrogen and oxygen atoms in total. The zero-order chi connectivity index (χ0) is 19.1. The van der Waals surface area contributed by atoms with Gasteiger partial charge in [-0.2, -0.15) is 0 Å². The summed E-state index contributed by atoms with van der Waals surface area (Å²) >= 11 is 0. The molecule has 2 aromatic carbocycles. The Balaban J connectivity index is 1.44. The Labute approximate surface area is 159 Å². The molecule has 3 amide bonds. The normalized spacial score (nSPS) is 13.1. The molecule has 0 aromatic heterocycles.